The van der Waals surface area contributed by atoms with Crippen molar-refractivity contribution in [2.45, 2.75) is 50.6 Å². The maximum absolute atomic E-state index is 13.2. The first-order valence-electron chi connectivity index (χ1n) is 11.6. The average Bonchev–Trinajstić information content (AvgIpc) is 2.86. The summed E-state index contributed by atoms with van der Waals surface area (Å²) in [4.78, 5) is 26.0. The van der Waals surface area contributed by atoms with Gasteiger partial charge in [0.25, 0.3) is 0 Å². The van der Waals surface area contributed by atoms with Crippen molar-refractivity contribution in [2.75, 3.05) is 13.1 Å². The topological polar surface area (TPSA) is 95.6 Å². The molecule has 0 bridgehead atoms. The summed E-state index contributed by atoms with van der Waals surface area (Å²) in [6.07, 6.45) is 1.74. The van der Waals surface area contributed by atoms with Gasteiger partial charge in [-0.3, -0.25) is 9.59 Å². The van der Waals surface area contributed by atoms with E-state index in [0.717, 1.165) is 17.7 Å². The Morgan fingerprint density at radius 3 is 2.44 bits per heavy atom. The van der Waals surface area contributed by atoms with Crippen LogP contribution in [0.3, 0.4) is 0 Å². The van der Waals surface area contributed by atoms with E-state index in [1.807, 2.05) is 44.2 Å². The van der Waals surface area contributed by atoms with E-state index in [0.29, 0.717) is 25.8 Å². The normalized spacial score (nSPS) is 18.6. The summed E-state index contributed by atoms with van der Waals surface area (Å²) < 4.78 is 40.4. The van der Waals surface area contributed by atoms with Gasteiger partial charge in [-0.15, -0.1) is 0 Å². The third kappa shape index (κ3) is 6.42. The molecule has 2 aromatic carbocycles. The fourth-order valence-electron chi connectivity index (χ4n) is 4.00. The molecule has 1 aliphatic heterocycles. The second-order valence-electron chi connectivity index (χ2n) is 8.73. The van der Waals surface area contributed by atoms with E-state index < -0.39 is 27.8 Å². The first-order chi connectivity index (χ1) is 16.2. The highest BCUT2D eigenvalue weighted by Crippen LogP contribution is 2.24. The number of carbonyl (C=O) groups is 2. The molecule has 184 valence electrons. The van der Waals surface area contributed by atoms with Gasteiger partial charge in [0.15, 0.2) is 0 Å². The highest BCUT2D eigenvalue weighted by atomic mass is 32.2. The lowest BCUT2D eigenvalue weighted by Gasteiger charge is -2.32. The molecular formula is C25H32FN3O4S. The number of rotatable bonds is 9. The van der Waals surface area contributed by atoms with E-state index in [2.05, 4.69) is 10.6 Å². The number of piperidine rings is 1. The SMILES string of the molecule is CCC(C)[C@H](NC(=O)C1CCCN(S(=O)(=O)c2ccc(F)cc2)C1)C(=O)NCc1ccccc1. The first kappa shape index (κ1) is 25.8. The quantitative estimate of drug-likeness (QED) is 0.566. The monoisotopic (exact) mass is 489 g/mol. The third-order valence-electron chi connectivity index (χ3n) is 6.31. The second-order valence-corrected chi connectivity index (χ2v) is 10.7. The van der Waals surface area contributed by atoms with Gasteiger partial charge in [0.1, 0.15) is 11.9 Å². The fourth-order valence-corrected chi connectivity index (χ4v) is 5.52. The lowest BCUT2D eigenvalue weighted by atomic mass is 9.94. The highest BCUT2D eigenvalue weighted by Gasteiger charge is 2.35. The summed E-state index contributed by atoms with van der Waals surface area (Å²) in [7, 11) is -3.84. The number of sulfonamides is 1. The Kier molecular flexibility index (Phi) is 8.79. The van der Waals surface area contributed by atoms with Crippen molar-refractivity contribution in [3.8, 4) is 0 Å². The summed E-state index contributed by atoms with van der Waals surface area (Å²) in [5.41, 5.74) is 0.957. The Labute approximate surface area is 200 Å². The molecule has 9 heteroatoms. The second kappa shape index (κ2) is 11.6. The van der Waals surface area contributed by atoms with E-state index in [1.54, 1.807) is 0 Å². The molecule has 2 aromatic rings. The number of hydrogen-bond donors (Lipinski definition) is 2. The number of carbonyl (C=O) groups excluding carboxylic acids is 2. The Morgan fingerprint density at radius 1 is 1.12 bits per heavy atom. The number of nitrogens with zero attached hydrogens (tertiary/aromatic N) is 1. The van der Waals surface area contributed by atoms with Crippen LogP contribution < -0.4 is 10.6 Å². The molecule has 1 aliphatic rings. The zero-order valence-electron chi connectivity index (χ0n) is 19.5. The van der Waals surface area contributed by atoms with Crippen molar-refractivity contribution in [3.05, 3.63) is 66.0 Å². The lowest BCUT2D eigenvalue weighted by Crippen LogP contribution is -2.53. The van der Waals surface area contributed by atoms with Crippen molar-refractivity contribution in [1.82, 2.24) is 14.9 Å². The van der Waals surface area contributed by atoms with Crippen molar-refractivity contribution in [1.29, 1.82) is 0 Å². The van der Waals surface area contributed by atoms with Crippen LogP contribution in [0.25, 0.3) is 0 Å². The van der Waals surface area contributed by atoms with E-state index in [9.17, 15) is 22.4 Å². The molecule has 1 saturated heterocycles. The molecule has 0 spiro atoms. The Hall–Kier alpha value is -2.78. The maximum atomic E-state index is 13.2. The van der Waals surface area contributed by atoms with Crippen molar-refractivity contribution < 1.29 is 22.4 Å². The van der Waals surface area contributed by atoms with Gasteiger partial charge in [-0.1, -0.05) is 50.6 Å². The van der Waals surface area contributed by atoms with E-state index in [1.165, 1.54) is 16.4 Å². The van der Waals surface area contributed by atoms with Gasteiger partial charge in [0.05, 0.1) is 10.8 Å². The van der Waals surface area contributed by atoms with Gasteiger partial charge in [-0.25, -0.2) is 12.8 Å². The van der Waals surface area contributed by atoms with E-state index >= 15 is 0 Å². The molecule has 3 rings (SSSR count). The first-order valence-corrected chi connectivity index (χ1v) is 13.0. The number of hydrogen-bond acceptors (Lipinski definition) is 4. The van der Waals surface area contributed by atoms with Gasteiger partial charge < -0.3 is 10.6 Å². The summed E-state index contributed by atoms with van der Waals surface area (Å²) >= 11 is 0. The zero-order valence-corrected chi connectivity index (χ0v) is 20.4. The lowest BCUT2D eigenvalue weighted by molar-refractivity contribution is -0.133. The van der Waals surface area contributed by atoms with Crippen LogP contribution in [0.5, 0.6) is 0 Å². The average molecular weight is 490 g/mol. The van der Waals surface area contributed by atoms with Crippen LogP contribution in [-0.2, 0) is 26.2 Å². The minimum absolute atomic E-state index is 0.00673. The molecule has 2 unspecified atom stereocenters. The van der Waals surface area contributed by atoms with E-state index in [-0.39, 0.29) is 35.7 Å². The number of benzene rings is 2. The summed E-state index contributed by atoms with van der Waals surface area (Å²) in [6, 6.07) is 13.5. The molecule has 0 radical (unpaired) electrons. The van der Waals surface area contributed by atoms with Crippen LogP contribution in [0.15, 0.2) is 59.5 Å². The number of amides is 2. The molecule has 2 amide bonds. The third-order valence-corrected chi connectivity index (χ3v) is 8.19. The smallest absolute Gasteiger partial charge is 0.243 e. The molecule has 0 aromatic heterocycles. The van der Waals surface area contributed by atoms with Crippen LogP contribution >= 0.6 is 0 Å². The van der Waals surface area contributed by atoms with Crippen molar-refractivity contribution in [2.24, 2.45) is 11.8 Å². The van der Waals surface area contributed by atoms with Gasteiger partial charge in [-0.2, -0.15) is 4.31 Å². The molecule has 0 saturated carbocycles. The number of halogens is 1. The van der Waals surface area contributed by atoms with E-state index in [4.69, 9.17) is 0 Å². The molecule has 7 nitrogen and oxygen atoms in total. The number of nitrogens with one attached hydrogen (secondary N) is 2. The zero-order chi connectivity index (χ0) is 24.7. The molecule has 1 heterocycles. The predicted octanol–water partition coefficient (Wildman–Crippen LogP) is 3.07. The van der Waals surface area contributed by atoms with Gasteiger partial charge in [0.2, 0.25) is 21.8 Å². The highest BCUT2D eigenvalue weighted by molar-refractivity contribution is 7.89. The minimum Gasteiger partial charge on any atom is -0.350 e. The van der Waals surface area contributed by atoms with Crippen molar-refractivity contribution in [3.63, 3.8) is 0 Å². The van der Waals surface area contributed by atoms with Crippen molar-refractivity contribution >= 4 is 21.8 Å². The molecule has 0 aliphatic carbocycles. The Balaban J connectivity index is 1.66. The largest absolute Gasteiger partial charge is 0.350 e. The summed E-state index contributed by atoms with van der Waals surface area (Å²) in [5, 5.41) is 5.76. The molecule has 34 heavy (non-hydrogen) atoms. The van der Waals surface area contributed by atoms with Crippen LogP contribution in [0.4, 0.5) is 4.39 Å². The molecular weight excluding hydrogens is 457 g/mol. The fraction of sp³-hybridized carbons (Fsp3) is 0.440. The standard InChI is InChI=1S/C25H32FN3O4S/c1-3-18(2)23(25(31)27-16-19-8-5-4-6-9-19)28-24(30)20-10-7-15-29(17-20)34(32,33)22-13-11-21(26)12-14-22/h4-6,8-9,11-14,18,20,23H,3,7,10,15-17H2,1-2H3,(H,27,31)(H,28,30)/t18?,20?,23-/m0/s1. The van der Waals surface area contributed by atoms with Crippen LogP contribution in [0, 0.1) is 17.7 Å². The molecule has 2 N–H and O–H groups in total. The Morgan fingerprint density at radius 2 is 1.79 bits per heavy atom. The summed E-state index contributed by atoms with van der Waals surface area (Å²) in [5.74, 6) is -1.78. The van der Waals surface area contributed by atoms with Crippen LogP contribution in [0.1, 0.15) is 38.7 Å². The maximum Gasteiger partial charge on any atom is 0.243 e. The van der Waals surface area contributed by atoms with Gasteiger partial charge in [0, 0.05) is 19.6 Å². The van der Waals surface area contributed by atoms with Gasteiger partial charge >= 0.3 is 0 Å². The minimum atomic E-state index is -3.84. The van der Waals surface area contributed by atoms with Crippen LogP contribution in [0.2, 0.25) is 0 Å². The molecule has 1 fully saturated rings. The predicted molar refractivity (Wildman–Crippen MR) is 128 cm³/mol. The van der Waals surface area contributed by atoms with Crippen LogP contribution in [-0.4, -0.2) is 43.7 Å². The summed E-state index contributed by atoms with van der Waals surface area (Å²) in [6.45, 7) is 4.51. The van der Waals surface area contributed by atoms with Gasteiger partial charge in [-0.05, 0) is 48.6 Å². The Bertz CT molecular complexity index is 1080. The molecule has 3 atom stereocenters.